The molecule has 1 aliphatic heterocycles. The van der Waals surface area contributed by atoms with Gasteiger partial charge in [-0.3, -0.25) is 19.6 Å². The maximum absolute atomic E-state index is 12.4. The number of hydrogen-bond acceptors (Lipinski definition) is 4. The number of nitrogens with one attached hydrogen (secondary N) is 1. The van der Waals surface area contributed by atoms with Crippen LogP contribution in [0, 0.1) is 5.92 Å². The van der Waals surface area contributed by atoms with E-state index in [-0.39, 0.29) is 17.7 Å². The summed E-state index contributed by atoms with van der Waals surface area (Å²) in [5.74, 6) is -0.0581. The van der Waals surface area contributed by atoms with Gasteiger partial charge in [-0.1, -0.05) is 0 Å². The molecule has 6 nitrogen and oxygen atoms in total. The summed E-state index contributed by atoms with van der Waals surface area (Å²) in [7, 11) is 0. The van der Waals surface area contributed by atoms with Gasteiger partial charge in [0.05, 0.1) is 0 Å². The molecule has 23 heavy (non-hydrogen) atoms. The quantitative estimate of drug-likeness (QED) is 0.940. The van der Waals surface area contributed by atoms with Crippen LogP contribution in [0.15, 0.2) is 49.1 Å². The summed E-state index contributed by atoms with van der Waals surface area (Å²) in [5.41, 5.74) is 1.39. The number of anilines is 1. The minimum atomic E-state index is -0.0651. The van der Waals surface area contributed by atoms with E-state index < -0.39 is 0 Å². The number of hydrogen-bond donors (Lipinski definition) is 1. The van der Waals surface area contributed by atoms with E-state index in [1.54, 1.807) is 54.0 Å². The first-order chi connectivity index (χ1) is 11.2. The van der Waals surface area contributed by atoms with Crippen molar-refractivity contribution in [3.8, 4) is 0 Å². The molecule has 2 aromatic rings. The second-order valence-corrected chi connectivity index (χ2v) is 5.53. The average Bonchev–Trinajstić information content (AvgIpc) is 2.63. The van der Waals surface area contributed by atoms with Crippen LogP contribution in [-0.4, -0.2) is 39.8 Å². The van der Waals surface area contributed by atoms with E-state index in [0.29, 0.717) is 31.5 Å². The molecule has 1 aliphatic rings. The fourth-order valence-electron chi connectivity index (χ4n) is 2.70. The maximum Gasteiger partial charge on any atom is 0.253 e. The molecule has 1 saturated heterocycles. The number of likely N-dealkylation sites (tertiary alicyclic amines) is 1. The highest BCUT2D eigenvalue weighted by Gasteiger charge is 2.27. The molecule has 0 unspecified atom stereocenters. The van der Waals surface area contributed by atoms with Crippen molar-refractivity contribution < 1.29 is 9.59 Å². The second kappa shape index (κ2) is 7.00. The zero-order valence-corrected chi connectivity index (χ0v) is 12.7. The van der Waals surface area contributed by atoms with Crippen LogP contribution in [0.5, 0.6) is 0 Å². The molecule has 0 radical (unpaired) electrons. The number of pyridine rings is 2. The van der Waals surface area contributed by atoms with Crippen molar-refractivity contribution in [2.24, 2.45) is 5.92 Å². The Labute approximate surface area is 134 Å². The molecule has 0 aliphatic carbocycles. The Bertz CT molecular complexity index is 668. The molecule has 3 rings (SSSR count). The highest BCUT2D eigenvalue weighted by molar-refractivity contribution is 5.95. The summed E-state index contributed by atoms with van der Waals surface area (Å²) in [6, 6.07) is 6.95. The third-order valence-electron chi connectivity index (χ3n) is 4.03. The predicted molar refractivity (Wildman–Crippen MR) is 85.7 cm³/mol. The maximum atomic E-state index is 12.4. The van der Waals surface area contributed by atoms with Crippen molar-refractivity contribution in [1.82, 2.24) is 14.9 Å². The molecule has 2 amide bonds. The first-order valence-corrected chi connectivity index (χ1v) is 7.64. The van der Waals surface area contributed by atoms with Crippen LogP contribution in [0.3, 0.4) is 0 Å². The predicted octanol–water partition coefficient (Wildman–Crippen LogP) is 1.97. The number of aromatic nitrogens is 2. The summed E-state index contributed by atoms with van der Waals surface area (Å²) in [4.78, 5) is 34.3. The van der Waals surface area contributed by atoms with Gasteiger partial charge in [-0.2, -0.15) is 0 Å². The Hall–Kier alpha value is -2.76. The molecule has 3 heterocycles. The molecule has 118 valence electrons. The highest BCUT2D eigenvalue weighted by atomic mass is 16.2. The van der Waals surface area contributed by atoms with Gasteiger partial charge in [0.15, 0.2) is 0 Å². The molecule has 2 aromatic heterocycles. The van der Waals surface area contributed by atoms with Crippen molar-refractivity contribution in [2.45, 2.75) is 12.8 Å². The van der Waals surface area contributed by atoms with Gasteiger partial charge >= 0.3 is 0 Å². The SMILES string of the molecule is O=C(Nc1ccncc1)C1CCN(C(=O)c2ccncc2)CC1. The monoisotopic (exact) mass is 310 g/mol. The lowest BCUT2D eigenvalue weighted by Crippen LogP contribution is -2.41. The molecule has 0 saturated carbocycles. The van der Waals surface area contributed by atoms with Gasteiger partial charge in [0.2, 0.25) is 5.91 Å². The Balaban J connectivity index is 1.54. The third kappa shape index (κ3) is 3.71. The Kier molecular flexibility index (Phi) is 4.61. The lowest BCUT2D eigenvalue weighted by atomic mass is 9.95. The summed E-state index contributed by atoms with van der Waals surface area (Å²) in [6.07, 6.45) is 7.86. The molecule has 6 heteroatoms. The van der Waals surface area contributed by atoms with E-state index >= 15 is 0 Å². The van der Waals surface area contributed by atoms with Crippen LogP contribution in [-0.2, 0) is 4.79 Å². The molecule has 1 fully saturated rings. The molecular formula is C17H18N4O2. The zero-order chi connectivity index (χ0) is 16.1. The molecular weight excluding hydrogens is 292 g/mol. The fourth-order valence-corrected chi connectivity index (χ4v) is 2.70. The van der Waals surface area contributed by atoms with Crippen LogP contribution in [0.25, 0.3) is 0 Å². The lowest BCUT2D eigenvalue weighted by Gasteiger charge is -2.31. The van der Waals surface area contributed by atoms with E-state index in [0.717, 1.165) is 5.69 Å². The lowest BCUT2D eigenvalue weighted by molar-refractivity contribution is -0.121. The van der Waals surface area contributed by atoms with E-state index in [1.807, 2.05) is 0 Å². The van der Waals surface area contributed by atoms with Gasteiger partial charge in [-0.25, -0.2) is 0 Å². The zero-order valence-electron chi connectivity index (χ0n) is 12.7. The van der Waals surface area contributed by atoms with Crippen molar-refractivity contribution in [3.63, 3.8) is 0 Å². The average molecular weight is 310 g/mol. The van der Waals surface area contributed by atoms with E-state index in [4.69, 9.17) is 0 Å². The summed E-state index contributed by atoms with van der Waals surface area (Å²) in [5, 5.41) is 2.90. The van der Waals surface area contributed by atoms with Crippen LogP contribution in [0.2, 0.25) is 0 Å². The van der Waals surface area contributed by atoms with Crippen molar-refractivity contribution in [1.29, 1.82) is 0 Å². The Morgan fingerprint density at radius 3 is 2.13 bits per heavy atom. The normalized spacial score (nSPS) is 15.2. The minimum absolute atomic E-state index is 0.000363. The number of rotatable bonds is 3. The van der Waals surface area contributed by atoms with Crippen molar-refractivity contribution >= 4 is 17.5 Å². The van der Waals surface area contributed by atoms with Crippen molar-refractivity contribution in [3.05, 3.63) is 54.6 Å². The number of carbonyl (C=O) groups is 2. The molecule has 0 aromatic carbocycles. The number of carbonyl (C=O) groups excluding carboxylic acids is 2. The smallest absolute Gasteiger partial charge is 0.253 e. The van der Waals surface area contributed by atoms with Gasteiger partial charge in [-0.15, -0.1) is 0 Å². The topological polar surface area (TPSA) is 75.2 Å². The number of nitrogens with zero attached hydrogens (tertiary/aromatic N) is 3. The third-order valence-corrected chi connectivity index (χ3v) is 4.03. The molecule has 0 bridgehead atoms. The Morgan fingerprint density at radius 1 is 0.957 bits per heavy atom. The van der Waals surface area contributed by atoms with Crippen molar-refractivity contribution in [2.75, 3.05) is 18.4 Å². The van der Waals surface area contributed by atoms with Gasteiger partial charge in [0, 0.05) is 55.0 Å². The highest BCUT2D eigenvalue weighted by Crippen LogP contribution is 2.20. The first kappa shape index (κ1) is 15.1. The Morgan fingerprint density at radius 2 is 1.52 bits per heavy atom. The van der Waals surface area contributed by atoms with Gasteiger partial charge in [0.1, 0.15) is 0 Å². The van der Waals surface area contributed by atoms with Gasteiger partial charge < -0.3 is 10.2 Å². The van der Waals surface area contributed by atoms with Gasteiger partial charge in [-0.05, 0) is 37.1 Å². The van der Waals surface area contributed by atoms with Crippen LogP contribution >= 0.6 is 0 Å². The standard InChI is InChI=1S/C17H18N4O2/c22-16(20-15-3-9-19-10-4-15)13-5-11-21(12-6-13)17(23)14-1-7-18-8-2-14/h1-4,7-10,13H,5-6,11-12H2,(H,19,20,22). The number of amides is 2. The van der Waals surface area contributed by atoms with Crippen LogP contribution < -0.4 is 5.32 Å². The first-order valence-electron chi connectivity index (χ1n) is 7.64. The van der Waals surface area contributed by atoms with Crippen LogP contribution in [0.4, 0.5) is 5.69 Å². The van der Waals surface area contributed by atoms with E-state index in [1.165, 1.54) is 0 Å². The largest absolute Gasteiger partial charge is 0.339 e. The summed E-state index contributed by atoms with van der Waals surface area (Å²) >= 11 is 0. The minimum Gasteiger partial charge on any atom is -0.339 e. The van der Waals surface area contributed by atoms with Crippen LogP contribution in [0.1, 0.15) is 23.2 Å². The second-order valence-electron chi connectivity index (χ2n) is 5.53. The summed E-state index contributed by atoms with van der Waals surface area (Å²) in [6.45, 7) is 1.19. The molecule has 0 atom stereocenters. The molecule has 0 spiro atoms. The number of piperidine rings is 1. The van der Waals surface area contributed by atoms with Gasteiger partial charge in [0.25, 0.3) is 5.91 Å². The van der Waals surface area contributed by atoms with E-state index in [2.05, 4.69) is 15.3 Å². The molecule has 1 N–H and O–H groups in total. The summed E-state index contributed by atoms with van der Waals surface area (Å²) < 4.78 is 0. The van der Waals surface area contributed by atoms with E-state index in [9.17, 15) is 9.59 Å². The fraction of sp³-hybridized carbons (Fsp3) is 0.294.